The van der Waals surface area contributed by atoms with Crippen LogP contribution in [0.15, 0.2) is 18.2 Å². The Balaban J connectivity index is 2.76. The molecular weight excluding hydrogens is 230 g/mol. The number of hydrogen-bond acceptors (Lipinski definition) is 3. The second kappa shape index (κ2) is 6.26. The summed E-state index contributed by atoms with van der Waals surface area (Å²) < 4.78 is 0. The molecule has 4 heteroatoms. The Hall–Kier alpha value is -0.380. The average molecular weight is 246 g/mol. The van der Waals surface area contributed by atoms with Crippen molar-refractivity contribution in [1.82, 2.24) is 0 Å². The summed E-state index contributed by atoms with van der Waals surface area (Å²) in [5, 5.41) is 9.66. The van der Waals surface area contributed by atoms with Crippen molar-refractivity contribution in [2.24, 2.45) is 0 Å². The minimum atomic E-state index is 0.0362. The van der Waals surface area contributed by atoms with Gasteiger partial charge in [-0.25, -0.2) is 0 Å². The molecule has 1 aromatic rings. The summed E-state index contributed by atoms with van der Waals surface area (Å²) in [5.41, 5.74) is 1.87. The highest BCUT2D eigenvalue weighted by Crippen LogP contribution is 2.26. The van der Waals surface area contributed by atoms with Crippen molar-refractivity contribution < 1.29 is 5.11 Å². The molecule has 0 atom stereocenters. The molecule has 0 aliphatic carbocycles. The van der Waals surface area contributed by atoms with Gasteiger partial charge in [-0.15, -0.1) is 0 Å². The predicted molar refractivity (Wildman–Crippen MR) is 69.0 cm³/mol. The van der Waals surface area contributed by atoms with E-state index in [0.29, 0.717) is 5.02 Å². The average Bonchev–Trinajstić information content (AvgIpc) is 2.25. The standard InChI is InChI=1S/C11H16ClNOS/c1-13(5-6-15-2)11-4-3-9(8-14)7-10(11)12/h3-4,7,14H,5-6,8H2,1-2H3. The SMILES string of the molecule is CSCCN(C)c1ccc(CO)cc1Cl. The Bertz CT molecular complexity index is 319. The number of nitrogens with zero attached hydrogens (tertiary/aromatic N) is 1. The summed E-state index contributed by atoms with van der Waals surface area (Å²) in [6.07, 6.45) is 2.09. The summed E-state index contributed by atoms with van der Waals surface area (Å²) in [5.74, 6) is 1.08. The first-order chi connectivity index (χ1) is 7.19. The van der Waals surface area contributed by atoms with Gasteiger partial charge in [-0.1, -0.05) is 17.7 Å². The Morgan fingerprint density at radius 2 is 2.20 bits per heavy atom. The van der Waals surface area contributed by atoms with Gasteiger partial charge in [0.05, 0.1) is 17.3 Å². The molecular formula is C11H16ClNOS. The van der Waals surface area contributed by atoms with E-state index in [9.17, 15) is 0 Å². The molecule has 1 N–H and O–H groups in total. The minimum absolute atomic E-state index is 0.0362. The summed E-state index contributed by atoms with van der Waals surface area (Å²) in [6, 6.07) is 5.66. The van der Waals surface area contributed by atoms with Crippen LogP contribution in [0.2, 0.25) is 5.02 Å². The number of hydrogen-bond donors (Lipinski definition) is 1. The van der Waals surface area contributed by atoms with Crippen molar-refractivity contribution >= 4 is 29.1 Å². The lowest BCUT2D eigenvalue weighted by atomic mass is 10.2. The summed E-state index contributed by atoms with van der Waals surface area (Å²) in [7, 11) is 2.02. The highest BCUT2D eigenvalue weighted by Gasteiger charge is 2.06. The zero-order chi connectivity index (χ0) is 11.3. The summed E-state index contributed by atoms with van der Waals surface area (Å²) >= 11 is 7.94. The van der Waals surface area contributed by atoms with Crippen LogP contribution in [0.5, 0.6) is 0 Å². The maximum Gasteiger partial charge on any atom is 0.0682 e. The van der Waals surface area contributed by atoms with E-state index in [4.69, 9.17) is 16.7 Å². The lowest BCUT2D eigenvalue weighted by molar-refractivity contribution is 0.282. The van der Waals surface area contributed by atoms with E-state index in [1.54, 1.807) is 0 Å². The van der Waals surface area contributed by atoms with Crippen molar-refractivity contribution in [3.63, 3.8) is 0 Å². The smallest absolute Gasteiger partial charge is 0.0682 e. The van der Waals surface area contributed by atoms with Gasteiger partial charge >= 0.3 is 0 Å². The molecule has 0 spiro atoms. The van der Waals surface area contributed by atoms with E-state index in [1.807, 2.05) is 37.0 Å². The second-order valence-corrected chi connectivity index (χ2v) is 4.75. The molecule has 0 bridgehead atoms. The van der Waals surface area contributed by atoms with Gasteiger partial charge in [-0.3, -0.25) is 0 Å². The number of halogens is 1. The van der Waals surface area contributed by atoms with Gasteiger partial charge in [0.25, 0.3) is 0 Å². The lowest BCUT2D eigenvalue weighted by Gasteiger charge is -2.20. The van der Waals surface area contributed by atoms with Crippen molar-refractivity contribution in [3.8, 4) is 0 Å². The van der Waals surface area contributed by atoms with Gasteiger partial charge in [0, 0.05) is 19.3 Å². The van der Waals surface area contributed by atoms with Crippen LogP contribution in [0, 0.1) is 0 Å². The van der Waals surface area contributed by atoms with Crippen molar-refractivity contribution in [2.75, 3.05) is 30.5 Å². The molecule has 0 unspecified atom stereocenters. The van der Waals surface area contributed by atoms with E-state index in [0.717, 1.165) is 23.5 Å². The Morgan fingerprint density at radius 1 is 1.47 bits per heavy atom. The van der Waals surface area contributed by atoms with E-state index < -0.39 is 0 Å². The lowest BCUT2D eigenvalue weighted by Crippen LogP contribution is -2.20. The molecule has 1 rings (SSSR count). The Morgan fingerprint density at radius 3 is 2.73 bits per heavy atom. The third-order valence-corrected chi connectivity index (χ3v) is 3.13. The molecule has 0 amide bonds. The van der Waals surface area contributed by atoms with Crippen molar-refractivity contribution in [3.05, 3.63) is 28.8 Å². The molecule has 15 heavy (non-hydrogen) atoms. The topological polar surface area (TPSA) is 23.5 Å². The Kier molecular flexibility index (Phi) is 5.29. The van der Waals surface area contributed by atoms with Crippen LogP contribution in [0.25, 0.3) is 0 Å². The summed E-state index contributed by atoms with van der Waals surface area (Å²) in [6.45, 7) is 1.01. The van der Waals surface area contributed by atoms with Crippen LogP contribution in [0.4, 0.5) is 5.69 Å². The van der Waals surface area contributed by atoms with Crippen LogP contribution in [-0.2, 0) is 6.61 Å². The van der Waals surface area contributed by atoms with Crippen LogP contribution < -0.4 is 4.90 Å². The van der Waals surface area contributed by atoms with Gasteiger partial charge in [0.15, 0.2) is 0 Å². The molecule has 84 valence electrons. The number of rotatable bonds is 5. The highest BCUT2D eigenvalue weighted by molar-refractivity contribution is 7.98. The quantitative estimate of drug-likeness (QED) is 0.863. The molecule has 2 nitrogen and oxygen atoms in total. The molecule has 0 saturated heterocycles. The first-order valence-corrected chi connectivity index (χ1v) is 6.55. The minimum Gasteiger partial charge on any atom is -0.392 e. The number of thioether (sulfide) groups is 1. The molecule has 0 aromatic heterocycles. The van der Waals surface area contributed by atoms with Crippen LogP contribution in [0.3, 0.4) is 0 Å². The fraction of sp³-hybridized carbons (Fsp3) is 0.455. The third kappa shape index (κ3) is 3.59. The zero-order valence-corrected chi connectivity index (χ0v) is 10.6. The predicted octanol–water partition coefficient (Wildman–Crippen LogP) is 2.63. The highest BCUT2D eigenvalue weighted by atomic mass is 35.5. The first kappa shape index (κ1) is 12.7. The Labute approximate surface area is 100 Å². The van der Waals surface area contributed by atoms with E-state index in [2.05, 4.69) is 11.2 Å². The van der Waals surface area contributed by atoms with Crippen LogP contribution in [0.1, 0.15) is 5.56 Å². The normalized spacial score (nSPS) is 10.4. The molecule has 0 fully saturated rings. The van der Waals surface area contributed by atoms with Crippen molar-refractivity contribution in [2.45, 2.75) is 6.61 Å². The van der Waals surface area contributed by atoms with E-state index in [-0.39, 0.29) is 6.61 Å². The van der Waals surface area contributed by atoms with Gasteiger partial charge in [0.2, 0.25) is 0 Å². The summed E-state index contributed by atoms with van der Waals surface area (Å²) in [4.78, 5) is 2.12. The maximum atomic E-state index is 8.96. The zero-order valence-electron chi connectivity index (χ0n) is 9.03. The fourth-order valence-corrected chi connectivity index (χ4v) is 2.11. The molecule has 0 heterocycles. The van der Waals surface area contributed by atoms with E-state index >= 15 is 0 Å². The number of anilines is 1. The maximum absolute atomic E-state index is 8.96. The molecule has 1 aromatic carbocycles. The van der Waals surface area contributed by atoms with Crippen molar-refractivity contribution in [1.29, 1.82) is 0 Å². The molecule has 0 aliphatic rings. The first-order valence-electron chi connectivity index (χ1n) is 4.78. The molecule has 0 aliphatic heterocycles. The number of benzene rings is 1. The third-order valence-electron chi connectivity index (χ3n) is 2.24. The molecule has 0 radical (unpaired) electrons. The largest absolute Gasteiger partial charge is 0.392 e. The second-order valence-electron chi connectivity index (χ2n) is 3.36. The number of aliphatic hydroxyl groups is 1. The molecule has 0 saturated carbocycles. The van der Waals surface area contributed by atoms with Gasteiger partial charge < -0.3 is 10.0 Å². The monoisotopic (exact) mass is 245 g/mol. The van der Waals surface area contributed by atoms with Gasteiger partial charge in [-0.05, 0) is 24.0 Å². The van der Waals surface area contributed by atoms with Crippen LogP contribution >= 0.6 is 23.4 Å². The van der Waals surface area contributed by atoms with Crippen LogP contribution in [-0.4, -0.2) is 30.7 Å². The van der Waals surface area contributed by atoms with E-state index in [1.165, 1.54) is 0 Å². The van der Waals surface area contributed by atoms with Gasteiger partial charge in [-0.2, -0.15) is 11.8 Å². The fourth-order valence-electron chi connectivity index (χ4n) is 1.31. The number of aliphatic hydroxyl groups excluding tert-OH is 1. The van der Waals surface area contributed by atoms with Gasteiger partial charge in [0.1, 0.15) is 0 Å².